The molecule has 0 aromatic heterocycles. The maximum atomic E-state index is 11.7. The normalized spacial score (nSPS) is 19.3. The zero-order valence-electron chi connectivity index (χ0n) is 11.3. The Hall–Kier alpha value is -0.750. The summed E-state index contributed by atoms with van der Waals surface area (Å²) < 4.78 is 0.265. The summed E-state index contributed by atoms with van der Waals surface area (Å²) in [7, 11) is 1.49. The molecule has 1 fully saturated rings. The third kappa shape index (κ3) is 4.17. The molecule has 0 aromatic rings. The number of amides is 3. The monoisotopic (exact) mass is 273 g/mol. The third-order valence-corrected chi connectivity index (χ3v) is 4.95. The molecule has 1 aliphatic carbocycles. The Morgan fingerprint density at radius 3 is 2.44 bits per heavy atom. The molecule has 1 unspecified atom stereocenters. The molecule has 1 aliphatic rings. The first-order chi connectivity index (χ1) is 8.53. The van der Waals surface area contributed by atoms with Crippen LogP contribution in [0.3, 0.4) is 0 Å². The first-order valence-electron chi connectivity index (χ1n) is 6.34. The van der Waals surface area contributed by atoms with Gasteiger partial charge in [0.15, 0.2) is 0 Å². The molecule has 0 heterocycles. The molecule has 1 saturated carbocycles. The number of carbonyl (C=O) groups is 2. The Kier molecular flexibility index (Phi) is 5.95. The second kappa shape index (κ2) is 6.99. The zero-order valence-corrected chi connectivity index (χ0v) is 12.2. The minimum Gasteiger partial charge on any atom is -0.341 e. The van der Waals surface area contributed by atoms with Gasteiger partial charge in [-0.05, 0) is 26.0 Å². The van der Waals surface area contributed by atoms with Gasteiger partial charge < -0.3 is 10.6 Å². The topological polar surface area (TPSA) is 70.2 Å². The fourth-order valence-corrected chi connectivity index (χ4v) is 3.11. The molecule has 104 valence electrons. The predicted octanol–water partition coefficient (Wildman–Crippen LogP) is 1.10. The van der Waals surface area contributed by atoms with Gasteiger partial charge in [0.1, 0.15) is 0 Å². The molecule has 18 heavy (non-hydrogen) atoms. The number of nitrogens with one attached hydrogen (secondary N) is 3. The quantitative estimate of drug-likeness (QED) is 0.701. The Labute approximate surface area is 113 Å². The average Bonchev–Trinajstić information content (AvgIpc) is 2.85. The van der Waals surface area contributed by atoms with Crippen LogP contribution in [0.25, 0.3) is 0 Å². The Morgan fingerprint density at radius 2 is 1.94 bits per heavy atom. The average molecular weight is 273 g/mol. The Balaban J connectivity index is 2.37. The van der Waals surface area contributed by atoms with Gasteiger partial charge in [-0.15, -0.1) is 0 Å². The molecule has 6 heteroatoms. The van der Waals surface area contributed by atoms with E-state index in [2.05, 4.69) is 22.2 Å². The lowest BCUT2D eigenvalue weighted by molar-refractivity contribution is -0.121. The molecule has 3 N–H and O–H groups in total. The van der Waals surface area contributed by atoms with Gasteiger partial charge in [-0.1, -0.05) is 12.8 Å². The van der Waals surface area contributed by atoms with E-state index in [0.29, 0.717) is 0 Å². The van der Waals surface area contributed by atoms with Crippen molar-refractivity contribution in [3.63, 3.8) is 0 Å². The molecule has 1 rings (SSSR count). The minimum atomic E-state index is -0.464. The SMILES string of the molecule is CNC(=O)NC(=O)C(C)NCC1(SC)CCCC1. The van der Waals surface area contributed by atoms with E-state index in [-0.39, 0.29) is 16.7 Å². The molecule has 0 saturated heterocycles. The Bertz CT molecular complexity index is 304. The van der Waals surface area contributed by atoms with Crippen LogP contribution in [0.2, 0.25) is 0 Å². The summed E-state index contributed by atoms with van der Waals surface area (Å²) in [6, 6.07) is -0.818. The summed E-state index contributed by atoms with van der Waals surface area (Å²) in [6.07, 6.45) is 7.06. The lowest BCUT2D eigenvalue weighted by atomic mass is 10.1. The van der Waals surface area contributed by atoms with E-state index in [1.165, 1.54) is 32.7 Å². The zero-order chi connectivity index (χ0) is 13.6. The summed E-state index contributed by atoms with van der Waals surface area (Å²) in [5.41, 5.74) is 0. The molecule has 0 radical (unpaired) electrons. The van der Waals surface area contributed by atoms with E-state index in [9.17, 15) is 9.59 Å². The predicted molar refractivity (Wildman–Crippen MR) is 74.8 cm³/mol. The van der Waals surface area contributed by atoms with E-state index >= 15 is 0 Å². The van der Waals surface area contributed by atoms with Crippen LogP contribution in [0.1, 0.15) is 32.6 Å². The number of thioether (sulfide) groups is 1. The number of carbonyl (C=O) groups excluding carboxylic acids is 2. The lowest BCUT2D eigenvalue weighted by Gasteiger charge is -2.28. The fraction of sp³-hybridized carbons (Fsp3) is 0.833. The van der Waals surface area contributed by atoms with Crippen molar-refractivity contribution in [3.8, 4) is 0 Å². The molecule has 0 aliphatic heterocycles. The fourth-order valence-electron chi connectivity index (χ4n) is 2.19. The van der Waals surface area contributed by atoms with Crippen molar-refractivity contribution in [1.29, 1.82) is 0 Å². The standard InChI is InChI=1S/C12H23N3O2S/c1-9(10(16)15-11(17)13-2)14-8-12(18-3)6-4-5-7-12/h9,14H,4-8H2,1-3H3,(H2,13,15,16,17). The van der Waals surface area contributed by atoms with Crippen molar-refractivity contribution >= 4 is 23.7 Å². The molecule has 3 amide bonds. The van der Waals surface area contributed by atoms with Gasteiger partial charge in [0.05, 0.1) is 6.04 Å². The number of rotatable bonds is 5. The minimum absolute atomic E-state index is 0.265. The van der Waals surface area contributed by atoms with Crippen molar-refractivity contribution in [3.05, 3.63) is 0 Å². The summed E-state index contributed by atoms with van der Waals surface area (Å²) >= 11 is 1.88. The molecule has 0 spiro atoms. The molecule has 1 atom stereocenters. The largest absolute Gasteiger partial charge is 0.341 e. The first-order valence-corrected chi connectivity index (χ1v) is 7.56. The number of imide groups is 1. The van der Waals surface area contributed by atoms with Gasteiger partial charge in [-0.25, -0.2) is 4.79 Å². The highest BCUT2D eigenvalue weighted by Crippen LogP contribution is 2.39. The number of hydrogen-bond donors (Lipinski definition) is 3. The van der Waals surface area contributed by atoms with Crippen LogP contribution in [-0.2, 0) is 4.79 Å². The van der Waals surface area contributed by atoms with Crippen LogP contribution < -0.4 is 16.0 Å². The molecule has 0 bridgehead atoms. The maximum absolute atomic E-state index is 11.7. The highest BCUT2D eigenvalue weighted by molar-refractivity contribution is 8.00. The van der Waals surface area contributed by atoms with Gasteiger partial charge in [0.2, 0.25) is 5.91 Å². The van der Waals surface area contributed by atoms with Gasteiger partial charge >= 0.3 is 6.03 Å². The summed E-state index contributed by atoms with van der Waals surface area (Å²) in [6.45, 7) is 2.59. The molecule has 5 nitrogen and oxygen atoms in total. The third-order valence-electron chi connectivity index (χ3n) is 3.54. The van der Waals surface area contributed by atoms with Crippen LogP contribution in [-0.4, -0.2) is 42.6 Å². The molecular formula is C12H23N3O2S. The second-order valence-electron chi connectivity index (χ2n) is 4.77. The first kappa shape index (κ1) is 15.3. The van der Waals surface area contributed by atoms with E-state index in [0.717, 1.165) is 6.54 Å². The second-order valence-corrected chi connectivity index (χ2v) is 6.04. The summed E-state index contributed by atoms with van der Waals surface area (Å²) in [5.74, 6) is -0.288. The number of hydrogen-bond acceptors (Lipinski definition) is 4. The van der Waals surface area contributed by atoms with E-state index in [1.54, 1.807) is 6.92 Å². The van der Waals surface area contributed by atoms with E-state index in [4.69, 9.17) is 0 Å². The van der Waals surface area contributed by atoms with Crippen molar-refractivity contribution in [1.82, 2.24) is 16.0 Å². The van der Waals surface area contributed by atoms with Gasteiger partial charge in [-0.2, -0.15) is 11.8 Å². The van der Waals surface area contributed by atoms with Crippen molar-refractivity contribution in [2.75, 3.05) is 19.8 Å². The highest BCUT2D eigenvalue weighted by atomic mass is 32.2. The van der Waals surface area contributed by atoms with Crippen LogP contribution in [0.15, 0.2) is 0 Å². The Morgan fingerprint density at radius 1 is 1.33 bits per heavy atom. The van der Waals surface area contributed by atoms with Crippen molar-refractivity contribution in [2.24, 2.45) is 0 Å². The van der Waals surface area contributed by atoms with Crippen LogP contribution >= 0.6 is 11.8 Å². The molecular weight excluding hydrogens is 250 g/mol. The summed E-state index contributed by atoms with van der Waals surface area (Å²) in [4.78, 5) is 22.7. The van der Waals surface area contributed by atoms with Crippen molar-refractivity contribution < 1.29 is 9.59 Å². The number of urea groups is 1. The van der Waals surface area contributed by atoms with Crippen LogP contribution in [0.5, 0.6) is 0 Å². The van der Waals surface area contributed by atoms with Crippen LogP contribution in [0, 0.1) is 0 Å². The van der Waals surface area contributed by atoms with Crippen LogP contribution in [0.4, 0.5) is 4.79 Å². The smallest absolute Gasteiger partial charge is 0.321 e. The summed E-state index contributed by atoms with van der Waals surface area (Å²) in [5, 5.41) is 7.87. The van der Waals surface area contributed by atoms with Gasteiger partial charge in [0.25, 0.3) is 0 Å². The lowest BCUT2D eigenvalue weighted by Crippen LogP contribution is -2.50. The van der Waals surface area contributed by atoms with E-state index in [1.807, 2.05) is 11.8 Å². The maximum Gasteiger partial charge on any atom is 0.321 e. The highest BCUT2D eigenvalue weighted by Gasteiger charge is 2.33. The molecule has 0 aromatic carbocycles. The van der Waals surface area contributed by atoms with E-state index < -0.39 is 6.03 Å². The van der Waals surface area contributed by atoms with Gasteiger partial charge in [-0.3, -0.25) is 10.1 Å². The van der Waals surface area contributed by atoms with Crippen molar-refractivity contribution in [2.45, 2.75) is 43.4 Å². The van der Waals surface area contributed by atoms with Gasteiger partial charge in [0, 0.05) is 18.3 Å².